The third-order valence-electron chi connectivity index (χ3n) is 2.55. The van der Waals surface area contributed by atoms with E-state index in [9.17, 15) is 9.59 Å². The first kappa shape index (κ1) is 10.1. The fourth-order valence-corrected chi connectivity index (χ4v) is 2.26. The van der Waals surface area contributed by atoms with Crippen LogP contribution < -0.4 is 0 Å². The largest absolute Gasteiger partial charge is 0.438 e. The maximum atomic E-state index is 11.6. The molecular weight excluding hydrogens is 210 g/mol. The molecule has 15 heavy (non-hydrogen) atoms. The minimum absolute atomic E-state index is 0.247. The predicted molar refractivity (Wildman–Crippen MR) is 57.3 cm³/mol. The molecule has 1 aromatic rings. The highest BCUT2D eigenvalue weighted by Gasteiger charge is 2.32. The first-order valence-corrected chi connectivity index (χ1v) is 6.34. The average Bonchev–Trinajstić information content (AvgIpc) is 2.45. The minimum Gasteiger partial charge on any atom is -0.438 e. The second kappa shape index (κ2) is 3.60. The van der Waals surface area contributed by atoms with Crippen molar-refractivity contribution in [2.24, 2.45) is 0 Å². The van der Waals surface area contributed by atoms with Crippen LogP contribution in [0, 0.1) is 0 Å². The van der Waals surface area contributed by atoms with Crippen molar-refractivity contribution in [3.8, 4) is 0 Å². The van der Waals surface area contributed by atoms with Gasteiger partial charge in [-0.25, -0.2) is 0 Å². The SMILES string of the molecule is CN1C(=O)c2ccc(C[SiH2]O)cc2C1=O. The van der Waals surface area contributed by atoms with Gasteiger partial charge in [-0.2, -0.15) is 0 Å². The molecule has 78 valence electrons. The summed E-state index contributed by atoms with van der Waals surface area (Å²) >= 11 is 0. The van der Waals surface area contributed by atoms with Crippen LogP contribution in [0.15, 0.2) is 18.2 Å². The highest BCUT2D eigenvalue weighted by Crippen LogP contribution is 2.22. The van der Waals surface area contributed by atoms with E-state index in [4.69, 9.17) is 4.80 Å². The van der Waals surface area contributed by atoms with Gasteiger partial charge in [0.1, 0.15) is 0 Å². The van der Waals surface area contributed by atoms with E-state index >= 15 is 0 Å². The number of carbonyl (C=O) groups excluding carboxylic acids is 2. The number of benzene rings is 1. The van der Waals surface area contributed by atoms with E-state index in [1.807, 2.05) is 0 Å². The molecule has 1 aliphatic heterocycles. The zero-order valence-corrected chi connectivity index (χ0v) is 9.77. The summed E-state index contributed by atoms with van der Waals surface area (Å²) in [4.78, 5) is 33.2. The number of hydrogen-bond acceptors (Lipinski definition) is 3. The number of nitrogens with zero attached hydrogens (tertiary/aromatic N) is 1. The number of hydrogen-bond donors (Lipinski definition) is 1. The van der Waals surface area contributed by atoms with Gasteiger partial charge in [-0.3, -0.25) is 14.5 Å². The van der Waals surface area contributed by atoms with Crippen molar-refractivity contribution >= 4 is 21.6 Å². The molecule has 5 heteroatoms. The van der Waals surface area contributed by atoms with Crippen LogP contribution in [0.3, 0.4) is 0 Å². The summed E-state index contributed by atoms with van der Waals surface area (Å²) < 4.78 is 0. The minimum atomic E-state index is -1.05. The molecule has 4 nitrogen and oxygen atoms in total. The van der Waals surface area contributed by atoms with Gasteiger partial charge >= 0.3 is 0 Å². The Morgan fingerprint density at radius 2 is 1.93 bits per heavy atom. The first-order valence-electron chi connectivity index (χ1n) is 4.71. The lowest BCUT2D eigenvalue weighted by molar-refractivity contribution is 0.0693. The molecular formula is C10H11NO3Si. The highest BCUT2D eigenvalue weighted by atomic mass is 28.2. The third-order valence-corrected chi connectivity index (χ3v) is 3.36. The van der Waals surface area contributed by atoms with Crippen LogP contribution >= 0.6 is 0 Å². The van der Waals surface area contributed by atoms with Crippen LogP contribution in [0.4, 0.5) is 0 Å². The van der Waals surface area contributed by atoms with E-state index in [-0.39, 0.29) is 11.8 Å². The van der Waals surface area contributed by atoms with E-state index < -0.39 is 9.76 Å². The monoisotopic (exact) mass is 221 g/mol. The Labute approximate surface area is 89.5 Å². The zero-order chi connectivity index (χ0) is 11.0. The van der Waals surface area contributed by atoms with Gasteiger partial charge in [-0.05, 0) is 23.7 Å². The maximum absolute atomic E-state index is 11.6. The molecule has 2 amide bonds. The van der Waals surface area contributed by atoms with E-state index in [2.05, 4.69) is 0 Å². The average molecular weight is 221 g/mol. The summed E-state index contributed by atoms with van der Waals surface area (Å²) in [5.74, 6) is -0.501. The summed E-state index contributed by atoms with van der Waals surface area (Å²) in [5, 5.41) is 0. The molecule has 0 aromatic heterocycles. The smallest absolute Gasteiger partial charge is 0.261 e. The fourth-order valence-electron chi connectivity index (χ4n) is 1.69. The molecule has 0 radical (unpaired) electrons. The molecule has 0 atom stereocenters. The number of fused-ring (bicyclic) bond motifs is 1. The molecule has 0 bridgehead atoms. The Balaban J connectivity index is 2.47. The van der Waals surface area contributed by atoms with E-state index in [1.165, 1.54) is 7.05 Å². The molecule has 2 rings (SSSR count). The molecule has 1 aromatic carbocycles. The van der Waals surface area contributed by atoms with Crippen molar-refractivity contribution in [3.63, 3.8) is 0 Å². The topological polar surface area (TPSA) is 57.6 Å². The van der Waals surface area contributed by atoms with Crippen LogP contribution in [-0.2, 0) is 6.04 Å². The van der Waals surface area contributed by atoms with Gasteiger partial charge in [-0.1, -0.05) is 6.07 Å². The molecule has 0 saturated carbocycles. The predicted octanol–water partition coefficient (Wildman–Crippen LogP) is -0.512. The van der Waals surface area contributed by atoms with Crippen LogP contribution in [0.1, 0.15) is 26.3 Å². The molecule has 0 saturated heterocycles. The lowest BCUT2D eigenvalue weighted by Crippen LogP contribution is -2.24. The van der Waals surface area contributed by atoms with Crippen molar-refractivity contribution in [2.75, 3.05) is 7.05 Å². The Morgan fingerprint density at radius 1 is 1.27 bits per heavy atom. The van der Waals surface area contributed by atoms with Crippen LogP contribution in [0.25, 0.3) is 0 Å². The first-order chi connectivity index (χ1) is 7.15. The Bertz CT molecular complexity index is 444. The number of imide groups is 1. The molecule has 0 fully saturated rings. The van der Waals surface area contributed by atoms with Crippen molar-refractivity contribution in [1.82, 2.24) is 4.90 Å². The van der Waals surface area contributed by atoms with E-state index in [0.29, 0.717) is 17.2 Å². The van der Waals surface area contributed by atoms with Crippen molar-refractivity contribution in [2.45, 2.75) is 6.04 Å². The van der Waals surface area contributed by atoms with E-state index in [1.54, 1.807) is 18.2 Å². The molecule has 1 aliphatic rings. The normalized spacial score (nSPS) is 15.5. The number of amides is 2. The second-order valence-electron chi connectivity index (χ2n) is 3.52. The van der Waals surface area contributed by atoms with Crippen LogP contribution in [0.2, 0.25) is 0 Å². The summed E-state index contributed by atoms with van der Waals surface area (Å²) in [7, 11) is 0.425. The van der Waals surface area contributed by atoms with Gasteiger partial charge < -0.3 is 4.80 Å². The van der Waals surface area contributed by atoms with E-state index in [0.717, 1.165) is 10.5 Å². The quantitative estimate of drug-likeness (QED) is 0.540. The van der Waals surface area contributed by atoms with Crippen LogP contribution in [0.5, 0.6) is 0 Å². The summed E-state index contributed by atoms with van der Waals surface area (Å²) in [6, 6.07) is 5.81. The third kappa shape index (κ3) is 1.49. The fraction of sp³-hybridized carbons (Fsp3) is 0.200. The van der Waals surface area contributed by atoms with Crippen molar-refractivity contribution in [3.05, 3.63) is 34.9 Å². The second-order valence-corrected chi connectivity index (χ2v) is 4.47. The Kier molecular flexibility index (Phi) is 2.41. The van der Waals surface area contributed by atoms with Crippen molar-refractivity contribution < 1.29 is 14.4 Å². The van der Waals surface area contributed by atoms with Gasteiger partial charge in [0, 0.05) is 7.05 Å². The summed E-state index contributed by atoms with van der Waals surface area (Å²) in [6.45, 7) is 0. The highest BCUT2D eigenvalue weighted by molar-refractivity contribution is 6.25. The summed E-state index contributed by atoms with van der Waals surface area (Å²) in [6.07, 6.45) is 0. The van der Waals surface area contributed by atoms with Gasteiger partial charge in [0.2, 0.25) is 0 Å². The molecule has 1 N–H and O–H groups in total. The van der Waals surface area contributed by atoms with Crippen molar-refractivity contribution in [1.29, 1.82) is 0 Å². The van der Waals surface area contributed by atoms with Gasteiger partial charge in [0.05, 0.1) is 11.1 Å². The lowest BCUT2D eigenvalue weighted by Gasteiger charge is -2.02. The molecule has 1 heterocycles. The molecule has 0 spiro atoms. The van der Waals surface area contributed by atoms with Crippen LogP contribution in [-0.4, -0.2) is 38.3 Å². The molecule has 0 unspecified atom stereocenters. The Morgan fingerprint density at radius 3 is 2.60 bits per heavy atom. The zero-order valence-electron chi connectivity index (χ0n) is 8.36. The summed E-state index contributed by atoms with van der Waals surface area (Å²) in [5.41, 5.74) is 1.85. The maximum Gasteiger partial charge on any atom is 0.261 e. The Hall–Kier alpha value is -1.46. The van der Waals surface area contributed by atoms with Gasteiger partial charge in [0.15, 0.2) is 9.76 Å². The standard InChI is InChI=1S/C10H11NO3Si/c1-11-9(12)7-3-2-6(5-15-14)4-8(7)10(11)13/h2-4,14H,5,15H2,1H3. The lowest BCUT2D eigenvalue weighted by atomic mass is 10.1. The number of rotatable bonds is 2. The molecule has 0 aliphatic carbocycles. The van der Waals surface area contributed by atoms with Gasteiger partial charge in [-0.15, -0.1) is 0 Å². The number of carbonyl (C=O) groups is 2. The van der Waals surface area contributed by atoms with Gasteiger partial charge in [0.25, 0.3) is 11.8 Å².